The number of carbonyl (C=O) groups excluding carboxylic acids is 1. The first-order valence-electron chi connectivity index (χ1n) is 12.7. The highest BCUT2D eigenvalue weighted by Gasteiger charge is 2.27. The largest absolute Gasteiger partial charge is 0.372 e. The van der Waals surface area contributed by atoms with Gasteiger partial charge in [0.05, 0.1) is 16.6 Å². The minimum atomic E-state index is -0.880. The molecule has 1 aliphatic heterocycles. The summed E-state index contributed by atoms with van der Waals surface area (Å²) in [5.41, 5.74) is 2.34. The van der Waals surface area contributed by atoms with Crippen LogP contribution in [0.2, 0.25) is 0 Å². The number of nitro groups is 1. The van der Waals surface area contributed by atoms with E-state index in [4.69, 9.17) is 4.74 Å². The second-order valence-electron chi connectivity index (χ2n) is 9.72. The zero-order valence-electron chi connectivity index (χ0n) is 21.2. The molecule has 0 unspecified atom stereocenters. The number of amides is 1. The number of hydrogen-bond donors (Lipinski definition) is 0. The third-order valence-corrected chi connectivity index (χ3v) is 7.53. The minimum absolute atomic E-state index is 0.00343. The van der Waals surface area contributed by atoms with Gasteiger partial charge in [0.1, 0.15) is 20.0 Å². The van der Waals surface area contributed by atoms with E-state index in [0.29, 0.717) is 18.7 Å². The van der Waals surface area contributed by atoms with Gasteiger partial charge in [-0.05, 0) is 55.5 Å². The number of nitro benzene ring substituents is 1. The summed E-state index contributed by atoms with van der Waals surface area (Å²) < 4.78 is 32.0. The van der Waals surface area contributed by atoms with Crippen molar-refractivity contribution in [2.24, 2.45) is 0 Å². The maximum atomic E-state index is 13.3. The van der Waals surface area contributed by atoms with E-state index in [1.165, 1.54) is 6.07 Å². The van der Waals surface area contributed by atoms with Crippen molar-refractivity contribution >= 4 is 23.0 Å². The normalized spacial score (nSPS) is 20.1. The zero-order chi connectivity index (χ0) is 26.4. The van der Waals surface area contributed by atoms with E-state index < -0.39 is 18.3 Å². The number of rotatable bonds is 9. The predicted molar refractivity (Wildman–Crippen MR) is 138 cm³/mol. The summed E-state index contributed by atoms with van der Waals surface area (Å²) >= 11 is 0. The van der Waals surface area contributed by atoms with Crippen LogP contribution in [-0.4, -0.2) is 67.7 Å². The van der Waals surface area contributed by atoms with E-state index in [1.807, 2.05) is 24.1 Å². The van der Waals surface area contributed by atoms with Crippen LogP contribution < -0.4 is 9.80 Å². The smallest absolute Gasteiger partial charge is 0.275 e. The third kappa shape index (κ3) is 6.54. The molecular weight excluding hydrogens is 482 g/mol. The topological polar surface area (TPSA) is 79.2 Å². The molecular formula is C27H34F2N4O4. The molecule has 10 heteroatoms. The van der Waals surface area contributed by atoms with Crippen LogP contribution in [0.3, 0.4) is 0 Å². The number of carbonyl (C=O) groups is 1. The van der Waals surface area contributed by atoms with Crippen LogP contribution in [0.15, 0.2) is 42.5 Å². The summed E-state index contributed by atoms with van der Waals surface area (Å²) in [6.07, 6.45) is 3.36. The Morgan fingerprint density at radius 3 is 2.30 bits per heavy atom. The van der Waals surface area contributed by atoms with E-state index in [0.717, 1.165) is 50.1 Å². The molecule has 1 heterocycles. The first kappa shape index (κ1) is 26.8. The zero-order valence-corrected chi connectivity index (χ0v) is 21.2. The van der Waals surface area contributed by atoms with Gasteiger partial charge in [-0.15, -0.1) is 0 Å². The molecule has 4 rings (SSSR count). The lowest BCUT2D eigenvalue weighted by molar-refractivity contribution is -0.385. The Hall–Kier alpha value is -3.27. The van der Waals surface area contributed by atoms with Gasteiger partial charge in [0.15, 0.2) is 0 Å². The number of benzene rings is 2. The highest BCUT2D eigenvalue weighted by atomic mass is 19.1. The van der Waals surface area contributed by atoms with Crippen LogP contribution in [0.25, 0.3) is 0 Å². The van der Waals surface area contributed by atoms with Gasteiger partial charge in [0, 0.05) is 56.7 Å². The summed E-state index contributed by atoms with van der Waals surface area (Å²) in [7, 11) is 1.92. The minimum Gasteiger partial charge on any atom is -0.372 e. The van der Waals surface area contributed by atoms with Crippen molar-refractivity contribution < 1.29 is 23.2 Å². The molecule has 2 aromatic carbocycles. The Bertz CT molecular complexity index is 1070. The highest BCUT2D eigenvalue weighted by Crippen LogP contribution is 2.31. The van der Waals surface area contributed by atoms with Gasteiger partial charge < -0.3 is 19.4 Å². The molecule has 0 spiro atoms. The van der Waals surface area contributed by atoms with Crippen LogP contribution >= 0.6 is 0 Å². The fourth-order valence-electron chi connectivity index (χ4n) is 5.18. The Morgan fingerprint density at radius 1 is 1.03 bits per heavy atom. The summed E-state index contributed by atoms with van der Waals surface area (Å²) in [6.45, 7) is 1.42. The molecule has 1 saturated carbocycles. The highest BCUT2D eigenvalue weighted by molar-refractivity contribution is 5.77. The Balaban J connectivity index is 1.19. The Morgan fingerprint density at radius 2 is 1.70 bits per heavy atom. The number of nitrogens with zero attached hydrogens (tertiary/aromatic N) is 4. The fraction of sp³-hybridized carbons (Fsp3) is 0.519. The fourth-order valence-corrected chi connectivity index (χ4v) is 5.18. The monoisotopic (exact) mass is 516 g/mol. The first-order valence-corrected chi connectivity index (χ1v) is 12.7. The van der Waals surface area contributed by atoms with E-state index in [-0.39, 0.29) is 35.9 Å². The van der Waals surface area contributed by atoms with Crippen molar-refractivity contribution in [2.75, 3.05) is 49.6 Å². The predicted octanol–water partition coefficient (Wildman–Crippen LogP) is 4.65. The molecule has 2 fully saturated rings. The number of piperazine rings is 1. The molecule has 8 nitrogen and oxygen atoms in total. The van der Waals surface area contributed by atoms with Crippen molar-refractivity contribution in [3.05, 3.63) is 63.7 Å². The SMILES string of the molecule is CN(c1ccc([N+](=O)[O-])c(CF)c1)C1CCC(OCC(=O)N2CCN(c3ccc(CF)cc3)CC2)CC1. The van der Waals surface area contributed by atoms with E-state index in [1.54, 1.807) is 24.3 Å². The van der Waals surface area contributed by atoms with Gasteiger partial charge in [-0.25, -0.2) is 8.78 Å². The van der Waals surface area contributed by atoms with Crippen LogP contribution in [-0.2, 0) is 22.9 Å². The van der Waals surface area contributed by atoms with E-state index >= 15 is 0 Å². The van der Waals surface area contributed by atoms with Gasteiger partial charge in [-0.2, -0.15) is 0 Å². The average molecular weight is 517 g/mol. The lowest BCUT2D eigenvalue weighted by Crippen LogP contribution is -2.50. The van der Waals surface area contributed by atoms with E-state index in [2.05, 4.69) is 9.80 Å². The first-order chi connectivity index (χ1) is 17.9. The number of halogens is 2. The van der Waals surface area contributed by atoms with Crippen LogP contribution in [0.5, 0.6) is 0 Å². The molecule has 0 atom stereocenters. The molecule has 200 valence electrons. The number of hydrogen-bond acceptors (Lipinski definition) is 6. The van der Waals surface area contributed by atoms with Crippen molar-refractivity contribution in [3.63, 3.8) is 0 Å². The second kappa shape index (κ2) is 12.3. The van der Waals surface area contributed by atoms with Crippen molar-refractivity contribution in [2.45, 2.75) is 51.2 Å². The van der Waals surface area contributed by atoms with E-state index in [9.17, 15) is 23.7 Å². The van der Waals surface area contributed by atoms with Gasteiger partial charge in [-0.1, -0.05) is 12.1 Å². The summed E-state index contributed by atoms with van der Waals surface area (Å²) in [5, 5.41) is 11.1. The van der Waals surface area contributed by atoms with Gasteiger partial charge in [0.2, 0.25) is 5.91 Å². The number of ether oxygens (including phenoxy) is 1. The van der Waals surface area contributed by atoms with Crippen molar-refractivity contribution in [3.8, 4) is 0 Å². The molecule has 2 aliphatic rings. The standard InChI is InChI=1S/C27H34F2N4O4/c1-30(24-8-11-26(33(35)36)21(16-24)18-29)22-6-9-25(10-7-22)37-19-27(34)32-14-12-31(13-15-32)23-4-2-20(17-28)3-5-23/h2-5,8,11,16,22,25H,6-7,9-10,12-15,17-19H2,1H3. The van der Waals surface area contributed by atoms with Gasteiger partial charge in [-0.3, -0.25) is 14.9 Å². The molecule has 37 heavy (non-hydrogen) atoms. The maximum absolute atomic E-state index is 13.3. The van der Waals surface area contributed by atoms with Gasteiger partial charge >= 0.3 is 0 Å². The molecule has 0 bridgehead atoms. The second-order valence-corrected chi connectivity index (χ2v) is 9.72. The molecule has 1 aliphatic carbocycles. The van der Waals surface area contributed by atoms with Gasteiger partial charge in [0.25, 0.3) is 5.69 Å². The number of alkyl halides is 2. The van der Waals surface area contributed by atoms with Crippen LogP contribution in [0, 0.1) is 10.1 Å². The average Bonchev–Trinajstić information content (AvgIpc) is 2.95. The number of anilines is 2. The Labute approximate surface area is 215 Å². The van der Waals surface area contributed by atoms with Crippen molar-refractivity contribution in [1.29, 1.82) is 0 Å². The van der Waals surface area contributed by atoms with Crippen molar-refractivity contribution in [1.82, 2.24) is 4.90 Å². The lowest BCUT2D eigenvalue weighted by atomic mass is 9.91. The van der Waals surface area contributed by atoms with Crippen LogP contribution in [0.1, 0.15) is 36.8 Å². The maximum Gasteiger partial charge on any atom is 0.275 e. The molecule has 0 N–H and O–H groups in total. The molecule has 0 aromatic heterocycles. The third-order valence-electron chi connectivity index (χ3n) is 7.53. The molecule has 1 saturated heterocycles. The molecule has 0 radical (unpaired) electrons. The summed E-state index contributed by atoms with van der Waals surface area (Å²) in [5.74, 6) is -0.00343. The summed E-state index contributed by atoms with van der Waals surface area (Å²) in [6, 6.07) is 12.2. The summed E-state index contributed by atoms with van der Waals surface area (Å²) in [4.78, 5) is 29.3. The quantitative estimate of drug-likeness (QED) is 0.357. The van der Waals surface area contributed by atoms with Crippen LogP contribution in [0.4, 0.5) is 25.8 Å². The molecule has 1 amide bonds. The molecule has 2 aromatic rings. The lowest BCUT2D eigenvalue weighted by Gasteiger charge is -2.37. The Kier molecular flexibility index (Phi) is 8.91.